The van der Waals surface area contributed by atoms with Crippen molar-refractivity contribution in [2.45, 2.75) is 25.9 Å². The molecule has 0 saturated carbocycles. The fourth-order valence-corrected chi connectivity index (χ4v) is 3.67. The van der Waals surface area contributed by atoms with E-state index in [1.807, 2.05) is 36.4 Å². The number of piperidine rings is 3. The molecule has 138 valence electrons. The summed E-state index contributed by atoms with van der Waals surface area (Å²) in [5, 5.41) is 11.1. The second kappa shape index (κ2) is 7.77. The van der Waals surface area contributed by atoms with Crippen LogP contribution in [0.15, 0.2) is 36.4 Å². The number of anilines is 1. The highest BCUT2D eigenvalue weighted by molar-refractivity contribution is 5.90. The van der Waals surface area contributed by atoms with Crippen LogP contribution in [0.25, 0.3) is 0 Å². The number of carbonyl (C=O) groups excluding carboxylic acids is 1. The zero-order valence-corrected chi connectivity index (χ0v) is 15.3. The molecule has 3 aliphatic rings. The van der Waals surface area contributed by atoms with Gasteiger partial charge in [-0.2, -0.15) is 0 Å². The molecule has 6 heteroatoms. The standard InChI is InChI=1S/C21H22N4O2/c1-15(26)22-19-5-3-2-4-16(19)6-7-18-8-9-21(24-23-18)27-20-14-25-12-10-17(20)11-13-25/h2-5,8-9,17,20H,10-14H2,1H3,(H,22,26). The lowest BCUT2D eigenvalue weighted by atomic mass is 9.86. The van der Waals surface area contributed by atoms with Crippen LogP contribution in [0.5, 0.6) is 5.88 Å². The van der Waals surface area contributed by atoms with Gasteiger partial charge in [0.15, 0.2) is 0 Å². The first-order chi connectivity index (χ1) is 13.2. The van der Waals surface area contributed by atoms with Crippen molar-refractivity contribution in [3.63, 3.8) is 0 Å². The van der Waals surface area contributed by atoms with E-state index < -0.39 is 0 Å². The number of amides is 1. The lowest BCUT2D eigenvalue weighted by Gasteiger charge is -2.44. The molecular formula is C21H22N4O2. The SMILES string of the molecule is CC(=O)Nc1ccccc1C#Cc1ccc(OC2CN3CCC2CC3)nn1. The van der Waals surface area contributed by atoms with Gasteiger partial charge in [0, 0.05) is 25.1 Å². The molecule has 1 atom stereocenters. The molecule has 0 spiro atoms. The van der Waals surface area contributed by atoms with Crippen molar-refractivity contribution in [1.29, 1.82) is 0 Å². The number of aromatic nitrogens is 2. The molecule has 1 aromatic heterocycles. The fourth-order valence-electron chi connectivity index (χ4n) is 3.67. The number of para-hydroxylation sites is 1. The second-order valence-electron chi connectivity index (χ2n) is 7.03. The van der Waals surface area contributed by atoms with E-state index in [-0.39, 0.29) is 12.0 Å². The van der Waals surface area contributed by atoms with Crippen LogP contribution in [0.1, 0.15) is 31.0 Å². The second-order valence-corrected chi connectivity index (χ2v) is 7.03. The number of nitrogens with zero attached hydrogens (tertiary/aromatic N) is 3. The summed E-state index contributed by atoms with van der Waals surface area (Å²) < 4.78 is 6.06. The number of benzene rings is 1. The highest BCUT2D eigenvalue weighted by atomic mass is 16.5. The third-order valence-corrected chi connectivity index (χ3v) is 5.07. The Hall–Kier alpha value is -2.91. The molecule has 0 radical (unpaired) electrons. The minimum Gasteiger partial charge on any atom is -0.472 e. The Labute approximate surface area is 158 Å². The monoisotopic (exact) mass is 362 g/mol. The first-order valence-electron chi connectivity index (χ1n) is 9.29. The zero-order chi connectivity index (χ0) is 18.6. The van der Waals surface area contributed by atoms with Crippen LogP contribution in [-0.4, -0.2) is 46.7 Å². The number of hydrogen-bond acceptors (Lipinski definition) is 5. The van der Waals surface area contributed by atoms with E-state index in [1.54, 1.807) is 0 Å². The summed E-state index contributed by atoms with van der Waals surface area (Å²) in [6, 6.07) is 11.1. The smallest absolute Gasteiger partial charge is 0.233 e. The van der Waals surface area contributed by atoms with Crippen molar-refractivity contribution in [3.8, 4) is 17.7 Å². The Morgan fingerprint density at radius 1 is 1.15 bits per heavy atom. The molecule has 4 heterocycles. The molecule has 2 bridgehead atoms. The summed E-state index contributed by atoms with van der Waals surface area (Å²) in [5.41, 5.74) is 1.99. The summed E-state index contributed by atoms with van der Waals surface area (Å²) in [6.07, 6.45) is 2.62. The van der Waals surface area contributed by atoms with Gasteiger partial charge < -0.3 is 10.1 Å². The quantitative estimate of drug-likeness (QED) is 0.849. The fraction of sp³-hybridized carbons (Fsp3) is 0.381. The van der Waals surface area contributed by atoms with E-state index in [9.17, 15) is 4.79 Å². The predicted molar refractivity (Wildman–Crippen MR) is 102 cm³/mol. The van der Waals surface area contributed by atoms with Crippen molar-refractivity contribution in [2.75, 3.05) is 25.0 Å². The Bertz CT molecular complexity index is 877. The van der Waals surface area contributed by atoms with Crippen LogP contribution in [0.4, 0.5) is 5.69 Å². The maximum Gasteiger partial charge on any atom is 0.233 e. The molecule has 1 amide bonds. The average molecular weight is 362 g/mol. The lowest BCUT2D eigenvalue weighted by molar-refractivity contribution is -0.114. The molecule has 1 unspecified atom stereocenters. The molecule has 3 fully saturated rings. The van der Waals surface area contributed by atoms with Gasteiger partial charge in [0.05, 0.1) is 5.69 Å². The predicted octanol–water partition coefficient (Wildman–Crippen LogP) is 2.31. The lowest BCUT2D eigenvalue weighted by Crippen LogP contribution is -2.52. The first kappa shape index (κ1) is 17.5. The Morgan fingerprint density at radius 3 is 2.63 bits per heavy atom. The van der Waals surface area contributed by atoms with Crippen LogP contribution >= 0.6 is 0 Å². The van der Waals surface area contributed by atoms with Crippen molar-refractivity contribution < 1.29 is 9.53 Å². The molecule has 1 aromatic carbocycles. The molecule has 27 heavy (non-hydrogen) atoms. The number of hydrogen-bond donors (Lipinski definition) is 1. The molecule has 0 aliphatic carbocycles. The summed E-state index contributed by atoms with van der Waals surface area (Å²) in [6.45, 7) is 4.83. The van der Waals surface area contributed by atoms with E-state index in [1.165, 1.54) is 32.9 Å². The number of nitrogens with one attached hydrogen (secondary N) is 1. The van der Waals surface area contributed by atoms with Gasteiger partial charge in [-0.1, -0.05) is 18.1 Å². The molecule has 3 saturated heterocycles. The van der Waals surface area contributed by atoms with Crippen LogP contribution < -0.4 is 10.1 Å². The van der Waals surface area contributed by atoms with E-state index in [0.29, 0.717) is 23.2 Å². The van der Waals surface area contributed by atoms with Crippen molar-refractivity contribution in [1.82, 2.24) is 15.1 Å². The van der Waals surface area contributed by atoms with Gasteiger partial charge in [-0.25, -0.2) is 0 Å². The molecule has 1 N–H and O–H groups in total. The highest BCUT2D eigenvalue weighted by Crippen LogP contribution is 2.30. The van der Waals surface area contributed by atoms with Crippen LogP contribution in [-0.2, 0) is 4.79 Å². The van der Waals surface area contributed by atoms with Gasteiger partial charge >= 0.3 is 0 Å². The zero-order valence-electron chi connectivity index (χ0n) is 15.3. The first-order valence-corrected chi connectivity index (χ1v) is 9.29. The maximum absolute atomic E-state index is 11.3. The Kier molecular flexibility index (Phi) is 5.03. The minimum absolute atomic E-state index is 0.127. The van der Waals surface area contributed by atoms with Crippen LogP contribution in [0.2, 0.25) is 0 Å². The van der Waals surface area contributed by atoms with Crippen LogP contribution in [0, 0.1) is 17.8 Å². The van der Waals surface area contributed by atoms with E-state index in [4.69, 9.17) is 4.74 Å². The number of ether oxygens (including phenoxy) is 1. The largest absolute Gasteiger partial charge is 0.472 e. The minimum atomic E-state index is -0.127. The number of fused-ring (bicyclic) bond motifs is 3. The molecule has 6 nitrogen and oxygen atoms in total. The van der Waals surface area contributed by atoms with Gasteiger partial charge in [0.2, 0.25) is 11.8 Å². The summed E-state index contributed by atoms with van der Waals surface area (Å²) in [5.74, 6) is 7.09. The Morgan fingerprint density at radius 2 is 1.96 bits per heavy atom. The third-order valence-electron chi connectivity index (χ3n) is 5.07. The van der Waals surface area contributed by atoms with E-state index in [0.717, 1.165) is 12.1 Å². The normalized spacial score (nSPS) is 23.2. The van der Waals surface area contributed by atoms with Gasteiger partial charge in [-0.15, -0.1) is 10.2 Å². The van der Waals surface area contributed by atoms with E-state index in [2.05, 4.69) is 32.3 Å². The van der Waals surface area contributed by atoms with Crippen molar-refractivity contribution in [2.24, 2.45) is 5.92 Å². The van der Waals surface area contributed by atoms with Crippen molar-refractivity contribution >= 4 is 11.6 Å². The summed E-state index contributed by atoms with van der Waals surface area (Å²) in [7, 11) is 0. The topological polar surface area (TPSA) is 67.3 Å². The molecule has 2 aromatic rings. The molecule has 3 aliphatic heterocycles. The highest BCUT2D eigenvalue weighted by Gasteiger charge is 2.35. The van der Waals surface area contributed by atoms with E-state index >= 15 is 0 Å². The van der Waals surface area contributed by atoms with Crippen molar-refractivity contribution in [3.05, 3.63) is 47.7 Å². The number of carbonyl (C=O) groups is 1. The van der Waals surface area contributed by atoms with Gasteiger partial charge in [-0.05, 0) is 56.0 Å². The van der Waals surface area contributed by atoms with Gasteiger partial charge in [0.1, 0.15) is 11.8 Å². The third kappa shape index (κ3) is 4.26. The Balaban J connectivity index is 1.43. The van der Waals surface area contributed by atoms with Gasteiger partial charge in [-0.3, -0.25) is 9.69 Å². The maximum atomic E-state index is 11.3. The van der Waals surface area contributed by atoms with Crippen LogP contribution in [0.3, 0.4) is 0 Å². The summed E-state index contributed by atoms with van der Waals surface area (Å²) in [4.78, 5) is 13.7. The molecular weight excluding hydrogens is 340 g/mol. The average Bonchev–Trinajstić information content (AvgIpc) is 2.69. The molecule has 5 rings (SSSR count). The summed E-state index contributed by atoms with van der Waals surface area (Å²) >= 11 is 0. The number of rotatable bonds is 3. The van der Waals surface area contributed by atoms with Gasteiger partial charge in [0.25, 0.3) is 0 Å².